The molecule has 1 aromatic heterocycles. The van der Waals surface area contributed by atoms with Crippen LogP contribution in [0, 0.1) is 0 Å². The van der Waals surface area contributed by atoms with E-state index in [1.807, 2.05) is 30.3 Å². The van der Waals surface area contributed by atoms with Crippen LogP contribution in [0.3, 0.4) is 0 Å². The van der Waals surface area contributed by atoms with Crippen molar-refractivity contribution in [2.75, 3.05) is 42.4 Å². The lowest BCUT2D eigenvalue weighted by Crippen LogP contribution is -2.35. The normalized spacial score (nSPS) is 14.7. The molecule has 1 aliphatic rings. The first-order chi connectivity index (χ1) is 16.9. The van der Waals surface area contributed by atoms with Gasteiger partial charge < -0.3 is 14.8 Å². The Kier molecular flexibility index (Phi) is 6.17. The molecule has 1 saturated heterocycles. The average molecular weight is 490 g/mol. The number of amides is 1. The van der Waals surface area contributed by atoms with Crippen molar-refractivity contribution >= 4 is 38.6 Å². The number of carbonyl (C=O) groups is 1. The van der Waals surface area contributed by atoms with Gasteiger partial charge in [-0.3, -0.25) is 9.10 Å². The topological polar surface area (TPSA) is 89.6 Å². The summed E-state index contributed by atoms with van der Waals surface area (Å²) >= 11 is 0. The molecule has 0 spiro atoms. The summed E-state index contributed by atoms with van der Waals surface area (Å²) in [5.41, 5.74) is 2.82. The van der Waals surface area contributed by atoms with Gasteiger partial charge >= 0.3 is 0 Å². The van der Waals surface area contributed by atoms with E-state index in [1.54, 1.807) is 41.3 Å². The molecular formula is C26H27N5O3S. The minimum atomic E-state index is -3.80. The smallest absolute Gasteiger partial charge is 0.264 e. The number of imidazole rings is 1. The van der Waals surface area contributed by atoms with Gasteiger partial charge in [0.05, 0.1) is 21.6 Å². The molecule has 0 radical (unpaired) electrons. The van der Waals surface area contributed by atoms with Crippen molar-refractivity contribution in [3.05, 3.63) is 84.4 Å². The second-order valence-electron chi connectivity index (χ2n) is 8.55. The molecule has 9 heteroatoms. The fourth-order valence-corrected chi connectivity index (χ4v) is 5.57. The van der Waals surface area contributed by atoms with Gasteiger partial charge in [-0.25, -0.2) is 13.4 Å². The fourth-order valence-electron chi connectivity index (χ4n) is 4.33. The van der Waals surface area contributed by atoms with Crippen molar-refractivity contribution in [2.24, 2.45) is 0 Å². The highest BCUT2D eigenvalue weighted by molar-refractivity contribution is 7.92. The maximum Gasteiger partial charge on any atom is 0.264 e. The van der Waals surface area contributed by atoms with E-state index in [2.05, 4.69) is 14.9 Å². The zero-order chi connectivity index (χ0) is 24.4. The van der Waals surface area contributed by atoms with E-state index < -0.39 is 10.0 Å². The van der Waals surface area contributed by atoms with E-state index in [0.717, 1.165) is 29.9 Å². The predicted octanol–water partition coefficient (Wildman–Crippen LogP) is 3.74. The second-order valence-corrected chi connectivity index (χ2v) is 10.5. The quantitative estimate of drug-likeness (QED) is 0.461. The van der Waals surface area contributed by atoms with E-state index in [0.29, 0.717) is 30.9 Å². The molecule has 35 heavy (non-hydrogen) atoms. The SMILES string of the molecule is CN(c1ccccc1)S(=O)(=O)c1cccc(C(=O)N2CCCN(c3nc4ccccc4[nH]3)CC2)c1. The number of nitrogens with zero attached hydrogens (tertiary/aromatic N) is 4. The van der Waals surface area contributed by atoms with Gasteiger partial charge in [-0.05, 0) is 48.9 Å². The van der Waals surface area contributed by atoms with Gasteiger partial charge in [-0.1, -0.05) is 36.4 Å². The molecule has 8 nitrogen and oxygen atoms in total. The molecule has 1 amide bonds. The summed E-state index contributed by atoms with van der Waals surface area (Å²) in [6, 6.07) is 23.1. The second kappa shape index (κ2) is 9.42. The van der Waals surface area contributed by atoms with Crippen LogP contribution in [0.25, 0.3) is 11.0 Å². The average Bonchev–Trinajstić information content (AvgIpc) is 3.18. The van der Waals surface area contributed by atoms with E-state index in [-0.39, 0.29) is 10.8 Å². The summed E-state index contributed by atoms with van der Waals surface area (Å²) in [5.74, 6) is 0.633. The van der Waals surface area contributed by atoms with E-state index in [4.69, 9.17) is 0 Å². The number of anilines is 2. The molecule has 0 unspecified atom stereocenters. The fraction of sp³-hybridized carbons (Fsp3) is 0.231. The summed E-state index contributed by atoms with van der Waals surface area (Å²) in [7, 11) is -2.29. The molecule has 3 aromatic carbocycles. The Morgan fingerprint density at radius 1 is 0.914 bits per heavy atom. The van der Waals surface area contributed by atoms with Gasteiger partial charge in [0.25, 0.3) is 15.9 Å². The van der Waals surface area contributed by atoms with Crippen molar-refractivity contribution in [3.8, 4) is 0 Å². The number of aromatic amines is 1. The van der Waals surface area contributed by atoms with E-state index in [1.165, 1.54) is 23.5 Å². The third-order valence-electron chi connectivity index (χ3n) is 6.32. The minimum absolute atomic E-state index is 0.0911. The Morgan fingerprint density at radius 3 is 2.49 bits per heavy atom. The number of sulfonamides is 1. The van der Waals surface area contributed by atoms with E-state index in [9.17, 15) is 13.2 Å². The van der Waals surface area contributed by atoms with Crippen LogP contribution in [0.5, 0.6) is 0 Å². The first-order valence-corrected chi connectivity index (χ1v) is 13.0. The van der Waals surface area contributed by atoms with Gasteiger partial charge in [-0.2, -0.15) is 0 Å². The van der Waals surface area contributed by atoms with Gasteiger partial charge in [0.1, 0.15) is 0 Å². The number of benzene rings is 3. The highest BCUT2D eigenvalue weighted by atomic mass is 32.2. The lowest BCUT2D eigenvalue weighted by Gasteiger charge is -2.23. The van der Waals surface area contributed by atoms with Gasteiger partial charge in [0.15, 0.2) is 0 Å². The molecule has 5 rings (SSSR count). The Balaban J connectivity index is 1.32. The monoisotopic (exact) mass is 489 g/mol. The van der Waals surface area contributed by atoms with Crippen LogP contribution in [0.15, 0.2) is 83.8 Å². The number of para-hydroxylation sites is 3. The highest BCUT2D eigenvalue weighted by Crippen LogP contribution is 2.23. The van der Waals surface area contributed by atoms with Crippen LogP contribution in [0.2, 0.25) is 0 Å². The number of carbonyl (C=O) groups excluding carboxylic acids is 1. The zero-order valence-corrected chi connectivity index (χ0v) is 20.3. The summed E-state index contributed by atoms with van der Waals surface area (Å²) in [6.45, 7) is 2.54. The van der Waals surface area contributed by atoms with Crippen molar-refractivity contribution in [1.82, 2.24) is 14.9 Å². The van der Waals surface area contributed by atoms with Crippen LogP contribution in [-0.2, 0) is 10.0 Å². The van der Waals surface area contributed by atoms with Crippen molar-refractivity contribution in [2.45, 2.75) is 11.3 Å². The first-order valence-electron chi connectivity index (χ1n) is 11.6. The number of nitrogens with one attached hydrogen (secondary N) is 1. The van der Waals surface area contributed by atoms with Crippen LogP contribution in [0.4, 0.5) is 11.6 Å². The Morgan fingerprint density at radius 2 is 1.69 bits per heavy atom. The van der Waals surface area contributed by atoms with Gasteiger partial charge in [0, 0.05) is 38.8 Å². The molecule has 2 heterocycles. The number of H-pyrrole nitrogens is 1. The van der Waals surface area contributed by atoms with Gasteiger partial charge in [-0.15, -0.1) is 0 Å². The molecule has 0 aliphatic carbocycles. The Hall–Kier alpha value is -3.85. The van der Waals surface area contributed by atoms with Gasteiger partial charge in [0.2, 0.25) is 5.95 Å². The van der Waals surface area contributed by atoms with Crippen LogP contribution in [-0.4, -0.2) is 62.4 Å². The first kappa shape index (κ1) is 22.9. The van der Waals surface area contributed by atoms with Crippen LogP contribution >= 0.6 is 0 Å². The molecule has 1 fully saturated rings. The molecule has 0 saturated carbocycles. The molecule has 1 aliphatic heterocycles. The molecule has 0 atom stereocenters. The zero-order valence-electron chi connectivity index (χ0n) is 19.5. The summed E-state index contributed by atoms with van der Waals surface area (Å²) in [4.78, 5) is 25.4. The standard InChI is InChI=1S/C26H27N5O3S/c1-29(21-10-3-2-4-11-21)35(33,34)22-12-7-9-20(19-22)25(32)30-15-8-16-31(18-17-30)26-27-23-13-5-6-14-24(23)28-26/h2-7,9-14,19H,8,15-18H2,1H3,(H,27,28). The maximum atomic E-state index is 13.3. The number of aromatic nitrogens is 2. The third-order valence-corrected chi connectivity index (χ3v) is 8.10. The largest absolute Gasteiger partial charge is 0.341 e. The van der Waals surface area contributed by atoms with Crippen LogP contribution < -0.4 is 9.21 Å². The Bertz CT molecular complexity index is 1420. The van der Waals surface area contributed by atoms with Crippen molar-refractivity contribution in [3.63, 3.8) is 0 Å². The van der Waals surface area contributed by atoms with E-state index >= 15 is 0 Å². The predicted molar refractivity (Wildman–Crippen MR) is 137 cm³/mol. The van der Waals surface area contributed by atoms with Crippen molar-refractivity contribution in [1.29, 1.82) is 0 Å². The molecule has 180 valence electrons. The number of rotatable bonds is 5. The molecular weight excluding hydrogens is 462 g/mol. The molecule has 4 aromatic rings. The minimum Gasteiger partial charge on any atom is -0.341 e. The Labute approximate surface area is 204 Å². The highest BCUT2D eigenvalue weighted by Gasteiger charge is 2.25. The third kappa shape index (κ3) is 4.59. The maximum absolute atomic E-state index is 13.3. The summed E-state index contributed by atoms with van der Waals surface area (Å²) in [6.07, 6.45) is 0.789. The van der Waals surface area contributed by atoms with Crippen LogP contribution in [0.1, 0.15) is 16.8 Å². The van der Waals surface area contributed by atoms with Crippen molar-refractivity contribution < 1.29 is 13.2 Å². The molecule has 0 bridgehead atoms. The summed E-state index contributed by atoms with van der Waals surface area (Å²) < 4.78 is 27.6. The lowest BCUT2D eigenvalue weighted by atomic mass is 10.2. The lowest BCUT2D eigenvalue weighted by molar-refractivity contribution is 0.0766. The summed E-state index contributed by atoms with van der Waals surface area (Å²) in [5, 5.41) is 0. The number of hydrogen-bond acceptors (Lipinski definition) is 5. The number of hydrogen-bond donors (Lipinski definition) is 1. The number of fused-ring (bicyclic) bond motifs is 1. The molecule has 1 N–H and O–H groups in total.